The van der Waals surface area contributed by atoms with Crippen LogP contribution in [0.15, 0.2) is 60.4 Å². The highest BCUT2D eigenvalue weighted by atomic mass is 15.0. The highest BCUT2D eigenvalue weighted by Crippen LogP contribution is 2.18. The van der Waals surface area contributed by atoms with Gasteiger partial charge in [-0.15, -0.1) is 0 Å². The Morgan fingerprint density at radius 3 is 2.43 bits per heavy atom. The van der Waals surface area contributed by atoms with Crippen LogP contribution in [0, 0.1) is 22.7 Å². The summed E-state index contributed by atoms with van der Waals surface area (Å²) >= 11 is 0. The van der Waals surface area contributed by atoms with Crippen LogP contribution in [0.5, 0.6) is 0 Å². The number of imidazole rings is 1. The molecule has 0 spiro atoms. The molecule has 0 bridgehead atoms. The lowest BCUT2D eigenvalue weighted by Crippen LogP contribution is -1.91. The first-order valence-electron chi connectivity index (χ1n) is 6.36. The maximum absolute atomic E-state index is 8.76. The van der Waals surface area contributed by atoms with E-state index in [2.05, 4.69) is 4.98 Å². The van der Waals surface area contributed by atoms with Crippen molar-refractivity contribution in [2.45, 2.75) is 0 Å². The molecule has 0 fully saturated rings. The van der Waals surface area contributed by atoms with E-state index < -0.39 is 0 Å². The van der Waals surface area contributed by atoms with E-state index in [0.717, 1.165) is 22.3 Å². The third kappa shape index (κ3) is 2.39. The van der Waals surface area contributed by atoms with E-state index in [1.54, 1.807) is 12.4 Å². The monoisotopic (exact) mass is 270 g/mol. The highest BCUT2D eigenvalue weighted by Gasteiger charge is 2.03. The van der Waals surface area contributed by atoms with E-state index in [-0.39, 0.29) is 5.57 Å². The van der Waals surface area contributed by atoms with E-state index in [1.807, 2.05) is 65.2 Å². The lowest BCUT2D eigenvalue weighted by molar-refractivity contribution is 1.09. The Kier molecular flexibility index (Phi) is 3.21. The molecule has 0 atom stereocenters. The number of fused-ring (bicyclic) bond motifs is 1. The third-order valence-electron chi connectivity index (χ3n) is 3.18. The number of nitriles is 2. The molecule has 3 rings (SSSR count). The smallest absolute Gasteiger partial charge is 0.130 e. The van der Waals surface area contributed by atoms with Crippen LogP contribution in [-0.4, -0.2) is 9.55 Å². The number of benzene rings is 2. The van der Waals surface area contributed by atoms with Gasteiger partial charge in [-0.05, 0) is 35.9 Å². The summed E-state index contributed by atoms with van der Waals surface area (Å²) < 4.78 is 2.00. The van der Waals surface area contributed by atoms with E-state index >= 15 is 0 Å². The fourth-order valence-electron chi connectivity index (χ4n) is 2.15. The van der Waals surface area contributed by atoms with Crippen molar-refractivity contribution in [2.24, 2.45) is 0 Å². The summed E-state index contributed by atoms with van der Waals surface area (Å²) in [6.07, 6.45) is 3.35. The molecule has 0 N–H and O–H groups in total. The summed E-state index contributed by atoms with van der Waals surface area (Å²) in [5.41, 5.74) is 3.88. The van der Waals surface area contributed by atoms with E-state index in [9.17, 15) is 0 Å². The van der Waals surface area contributed by atoms with E-state index in [1.165, 1.54) is 0 Å². The van der Waals surface area contributed by atoms with Gasteiger partial charge in [0, 0.05) is 5.69 Å². The van der Waals surface area contributed by atoms with Crippen LogP contribution >= 0.6 is 0 Å². The van der Waals surface area contributed by atoms with Gasteiger partial charge in [-0.2, -0.15) is 10.5 Å². The summed E-state index contributed by atoms with van der Waals surface area (Å²) in [6.45, 7) is 0. The molecule has 1 aromatic heterocycles. The topological polar surface area (TPSA) is 65.4 Å². The summed E-state index contributed by atoms with van der Waals surface area (Å²) in [5.74, 6) is 0. The van der Waals surface area contributed by atoms with Gasteiger partial charge < -0.3 is 0 Å². The zero-order valence-electron chi connectivity index (χ0n) is 11.1. The zero-order chi connectivity index (χ0) is 14.7. The molecule has 0 unspecified atom stereocenters. The van der Waals surface area contributed by atoms with Crippen molar-refractivity contribution < 1.29 is 0 Å². The van der Waals surface area contributed by atoms with Gasteiger partial charge in [0.25, 0.3) is 0 Å². The van der Waals surface area contributed by atoms with Crippen molar-refractivity contribution in [2.75, 3.05) is 0 Å². The van der Waals surface area contributed by atoms with Gasteiger partial charge in [0.05, 0.1) is 11.0 Å². The summed E-state index contributed by atoms with van der Waals surface area (Å²) in [4.78, 5) is 4.36. The number of para-hydroxylation sites is 2. The first-order valence-corrected chi connectivity index (χ1v) is 6.36. The minimum absolute atomic E-state index is 0.0934. The predicted octanol–water partition coefficient (Wildman–Crippen LogP) is 3.46. The number of allylic oxidation sites excluding steroid dienone is 1. The average Bonchev–Trinajstić information content (AvgIpc) is 2.97. The van der Waals surface area contributed by atoms with Gasteiger partial charge in [-0.3, -0.25) is 4.57 Å². The van der Waals surface area contributed by atoms with Crippen LogP contribution in [0.3, 0.4) is 0 Å². The molecule has 0 aliphatic heterocycles. The fourth-order valence-corrected chi connectivity index (χ4v) is 2.15. The van der Waals surface area contributed by atoms with Gasteiger partial charge in [0.2, 0.25) is 0 Å². The second-order valence-corrected chi connectivity index (χ2v) is 4.48. The molecule has 4 heteroatoms. The largest absolute Gasteiger partial charge is 0.299 e. The van der Waals surface area contributed by atoms with Crippen molar-refractivity contribution in [3.63, 3.8) is 0 Å². The SMILES string of the molecule is N#CC(C#N)=Cc1ccc(-n2cnc3ccccc32)cc1. The number of hydrogen-bond acceptors (Lipinski definition) is 3. The Morgan fingerprint density at radius 1 is 1.00 bits per heavy atom. The summed E-state index contributed by atoms with van der Waals surface area (Å²) in [7, 11) is 0. The Morgan fingerprint density at radius 2 is 1.71 bits per heavy atom. The molecule has 3 aromatic rings. The normalized spacial score (nSPS) is 9.81. The van der Waals surface area contributed by atoms with Gasteiger partial charge in [-0.25, -0.2) is 4.98 Å². The van der Waals surface area contributed by atoms with Crippen LogP contribution < -0.4 is 0 Å². The molecule has 21 heavy (non-hydrogen) atoms. The molecule has 0 saturated carbocycles. The van der Waals surface area contributed by atoms with Crippen molar-refractivity contribution in [1.29, 1.82) is 10.5 Å². The standard InChI is InChI=1S/C17H10N4/c18-10-14(11-19)9-13-5-7-15(8-6-13)21-12-20-16-3-1-2-4-17(16)21/h1-9,12H. The molecule has 0 saturated heterocycles. The van der Waals surface area contributed by atoms with Gasteiger partial charge in [0.1, 0.15) is 24.0 Å². The second kappa shape index (κ2) is 5.32. The molecule has 98 valence electrons. The van der Waals surface area contributed by atoms with Crippen LogP contribution in [0.1, 0.15) is 5.56 Å². The van der Waals surface area contributed by atoms with Crippen molar-refractivity contribution in [3.8, 4) is 17.8 Å². The molecular weight excluding hydrogens is 260 g/mol. The quantitative estimate of drug-likeness (QED) is 0.670. The van der Waals surface area contributed by atoms with Gasteiger partial charge in [0.15, 0.2) is 0 Å². The molecule has 0 aliphatic rings. The molecule has 0 aliphatic carbocycles. The maximum atomic E-state index is 8.76. The lowest BCUT2D eigenvalue weighted by Gasteiger charge is -2.04. The van der Waals surface area contributed by atoms with Crippen LogP contribution in [-0.2, 0) is 0 Å². The Hall–Kier alpha value is -3.37. The van der Waals surface area contributed by atoms with Gasteiger partial charge in [-0.1, -0.05) is 24.3 Å². The Labute approximate surface area is 121 Å². The summed E-state index contributed by atoms with van der Waals surface area (Å²) in [5, 5.41) is 17.5. The Bertz CT molecular complexity index is 886. The number of aromatic nitrogens is 2. The lowest BCUT2D eigenvalue weighted by atomic mass is 10.1. The van der Waals surface area contributed by atoms with Gasteiger partial charge >= 0.3 is 0 Å². The highest BCUT2D eigenvalue weighted by molar-refractivity contribution is 5.77. The van der Waals surface area contributed by atoms with E-state index in [4.69, 9.17) is 10.5 Å². The maximum Gasteiger partial charge on any atom is 0.130 e. The van der Waals surface area contributed by atoms with Crippen molar-refractivity contribution >= 4 is 17.1 Å². The van der Waals surface area contributed by atoms with Crippen molar-refractivity contribution in [3.05, 3.63) is 66.0 Å². The predicted molar refractivity (Wildman–Crippen MR) is 80.3 cm³/mol. The minimum Gasteiger partial charge on any atom is -0.299 e. The number of hydrogen-bond donors (Lipinski definition) is 0. The molecule has 0 amide bonds. The molecule has 2 aromatic carbocycles. The fraction of sp³-hybridized carbons (Fsp3) is 0. The average molecular weight is 270 g/mol. The van der Waals surface area contributed by atoms with Crippen molar-refractivity contribution in [1.82, 2.24) is 9.55 Å². The Balaban J connectivity index is 2.01. The molecular formula is C17H10N4. The van der Waals surface area contributed by atoms with Crippen LogP contribution in [0.4, 0.5) is 0 Å². The van der Waals surface area contributed by atoms with Crippen LogP contribution in [0.2, 0.25) is 0 Å². The van der Waals surface area contributed by atoms with Crippen LogP contribution in [0.25, 0.3) is 22.8 Å². The first-order chi connectivity index (χ1) is 10.3. The third-order valence-corrected chi connectivity index (χ3v) is 3.18. The summed E-state index contributed by atoms with van der Waals surface area (Å²) in [6, 6.07) is 19.2. The number of nitrogens with zero attached hydrogens (tertiary/aromatic N) is 4. The molecule has 4 nitrogen and oxygen atoms in total. The zero-order valence-corrected chi connectivity index (χ0v) is 11.1. The van der Waals surface area contributed by atoms with E-state index in [0.29, 0.717) is 0 Å². The minimum atomic E-state index is 0.0934. The number of rotatable bonds is 2. The first kappa shape index (κ1) is 12.7. The molecule has 1 heterocycles. The molecule has 0 radical (unpaired) electrons. The second-order valence-electron chi connectivity index (χ2n) is 4.48.